The summed E-state index contributed by atoms with van der Waals surface area (Å²) in [6.45, 7) is 9.37. The number of aryl methyl sites for hydroxylation is 2. The Morgan fingerprint density at radius 1 is 0.900 bits per heavy atom. The number of aromatic nitrogens is 5. The molecule has 2 aliphatic rings. The SMILES string of the molecule is CCCCCCC.CN1CCN(c2cc(-c3nc4n(n3)CCCC4)nc(N)n2)CC1. The molecule has 8 nitrogen and oxygen atoms in total. The summed E-state index contributed by atoms with van der Waals surface area (Å²) in [5, 5.41) is 4.59. The van der Waals surface area contributed by atoms with Crippen molar-refractivity contribution in [2.45, 2.75) is 71.8 Å². The quantitative estimate of drug-likeness (QED) is 0.725. The van der Waals surface area contributed by atoms with Gasteiger partial charge in [0, 0.05) is 45.2 Å². The third-order valence-electron chi connectivity index (χ3n) is 5.76. The molecule has 0 radical (unpaired) electrons. The van der Waals surface area contributed by atoms with E-state index in [1.165, 1.54) is 38.5 Å². The van der Waals surface area contributed by atoms with Crippen LogP contribution in [0.15, 0.2) is 6.07 Å². The van der Waals surface area contributed by atoms with Crippen molar-refractivity contribution in [3.05, 3.63) is 11.9 Å². The molecule has 0 saturated carbocycles. The molecule has 4 rings (SSSR count). The van der Waals surface area contributed by atoms with Crippen molar-refractivity contribution in [3.63, 3.8) is 0 Å². The Morgan fingerprint density at radius 2 is 1.63 bits per heavy atom. The predicted octanol–water partition coefficient (Wildman–Crippen LogP) is 3.38. The molecule has 2 aromatic rings. The lowest BCUT2D eigenvalue weighted by atomic mass is 10.2. The van der Waals surface area contributed by atoms with Gasteiger partial charge in [0.15, 0.2) is 5.82 Å². The van der Waals surface area contributed by atoms with E-state index in [1.54, 1.807) is 0 Å². The lowest BCUT2D eigenvalue weighted by Gasteiger charge is -2.33. The van der Waals surface area contributed by atoms with Crippen LogP contribution in [0.3, 0.4) is 0 Å². The summed E-state index contributed by atoms with van der Waals surface area (Å²) in [6, 6.07) is 1.96. The van der Waals surface area contributed by atoms with Crippen LogP contribution in [0.2, 0.25) is 0 Å². The number of hydrogen-bond acceptors (Lipinski definition) is 7. The summed E-state index contributed by atoms with van der Waals surface area (Å²) in [4.78, 5) is 17.9. The average molecular weight is 415 g/mol. The zero-order chi connectivity index (χ0) is 21.3. The average Bonchev–Trinajstić information content (AvgIpc) is 3.19. The minimum atomic E-state index is 0.282. The Hall–Kier alpha value is -2.22. The van der Waals surface area contributed by atoms with E-state index in [1.807, 2.05) is 10.7 Å². The van der Waals surface area contributed by atoms with Crippen LogP contribution in [0.4, 0.5) is 11.8 Å². The van der Waals surface area contributed by atoms with E-state index < -0.39 is 0 Å². The first kappa shape index (κ1) is 22.5. The molecular formula is C22H38N8. The van der Waals surface area contributed by atoms with Gasteiger partial charge in [0.1, 0.15) is 17.3 Å². The highest BCUT2D eigenvalue weighted by Gasteiger charge is 2.20. The first-order valence-electron chi connectivity index (χ1n) is 11.6. The number of rotatable bonds is 6. The largest absolute Gasteiger partial charge is 0.368 e. The van der Waals surface area contributed by atoms with Gasteiger partial charge >= 0.3 is 0 Å². The first-order chi connectivity index (χ1) is 14.6. The molecular weight excluding hydrogens is 376 g/mol. The minimum Gasteiger partial charge on any atom is -0.368 e. The van der Waals surface area contributed by atoms with Gasteiger partial charge in [-0.25, -0.2) is 14.6 Å². The molecule has 0 bridgehead atoms. The third-order valence-corrected chi connectivity index (χ3v) is 5.76. The number of unbranched alkanes of at least 4 members (excludes halogenated alkanes) is 4. The molecule has 0 amide bonds. The van der Waals surface area contributed by atoms with E-state index in [9.17, 15) is 0 Å². The summed E-state index contributed by atoms with van der Waals surface area (Å²) in [5.74, 6) is 2.86. The van der Waals surface area contributed by atoms with Crippen molar-refractivity contribution in [1.29, 1.82) is 0 Å². The van der Waals surface area contributed by atoms with Gasteiger partial charge in [-0.15, -0.1) is 5.10 Å². The summed E-state index contributed by atoms with van der Waals surface area (Å²) >= 11 is 0. The summed E-state index contributed by atoms with van der Waals surface area (Å²) in [6.07, 6.45) is 10.3. The lowest BCUT2D eigenvalue weighted by molar-refractivity contribution is 0.312. The van der Waals surface area contributed by atoms with E-state index >= 15 is 0 Å². The molecule has 8 heteroatoms. The van der Waals surface area contributed by atoms with Gasteiger partial charge in [0.25, 0.3) is 0 Å². The maximum atomic E-state index is 5.93. The Kier molecular flexibility index (Phi) is 8.42. The molecule has 1 saturated heterocycles. The molecule has 4 heterocycles. The fraction of sp³-hybridized carbons (Fsp3) is 0.727. The Morgan fingerprint density at radius 3 is 2.30 bits per heavy atom. The number of anilines is 2. The number of hydrogen-bond donors (Lipinski definition) is 1. The van der Waals surface area contributed by atoms with Crippen molar-refractivity contribution < 1.29 is 0 Å². The van der Waals surface area contributed by atoms with E-state index in [2.05, 4.69) is 50.7 Å². The van der Waals surface area contributed by atoms with Crippen LogP contribution in [-0.2, 0) is 13.0 Å². The summed E-state index contributed by atoms with van der Waals surface area (Å²) in [5.41, 5.74) is 6.65. The maximum Gasteiger partial charge on any atom is 0.222 e. The number of nitrogen functional groups attached to an aromatic ring is 1. The number of nitrogens with zero attached hydrogens (tertiary/aromatic N) is 7. The van der Waals surface area contributed by atoms with Crippen molar-refractivity contribution in [3.8, 4) is 11.5 Å². The van der Waals surface area contributed by atoms with Gasteiger partial charge in [0.2, 0.25) is 5.95 Å². The number of likely N-dealkylation sites (N-methyl/N-ethyl adjacent to an activating group) is 1. The number of piperazine rings is 1. The van der Waals surface area contributed by atoms with Crippen LogP contribution < -0.4 is 10.6 Å². The molecule has 0 aliphatic carbocycles. The van der Waals surface area contributed by atoms with Crippen molar-refractivity contribution in [1.82, 2.24) is 29.6 Å². The number of fused-ring (bicyclic) bond motifs is 1. The Labute approximate surface area is 180 Å². The van der Waals surface area contributed by atoms with Crippen LogP contribution in [0.25, 0.3) is 11.5 Å². The van der Waals surface area contributed by atoms with Gasteiger partial charge in [0.05, 0.1) is 0 Å². The normalized spacial score (nSPS) is 16.7. The maximum absolute atomic E-state index is 5.93. The Bertz CT molecular complexity index is 752. The monoisotopic (exact) mass is 414 g/mol. The van der Waals surface area contributed by atoms with Crippen LogP contribution in [-0.4, -0.2) is 62.9 Å². The standard InChI is InChI=1S/C15H22N8.C7H16/c1-21-6-8-22(9-7-21)13-10-11(17-15(16)19-13)14-18-12-4-2-3-5-23(12)20-14;1-3-5-7-6-4-2/h10H,2-9H2,1H3,(H2,16,17,19);3-7H2,1-2H3. The molecule has 0 spiro atoms. The van der Waals surface area contributed by atoms with E-state index in [0.29, 0.717) is 11.5 Å². The van der Waals surface area contributed by atoms with E-state index in [-0.39, 0.29) is 5.95 Å². The molecule has 2 aromatic heterocycles. The Balaban J connectivity index is 0.000000318. The molecule has 2 aliphatic heterocycles. The van der Waals surface area contributed by atoms with E-state index in [0.717, 1.165) is 57.2 Å². The fourth-order valence-electron chi connectivity index (χ4n) is 3.83. The van der Waals surface area contributed by atoms with Gasteiger partial charge in [-0.3, -0.25) is 0 Å². The van der Waals surface area contributed by atoms with Crippen LogP contribution >= 0.6 is 0 Å². The molecule has 2 N–H and O–H groups in total. The lowest BCUT2D eigenvalue weighted by Crippen LogP contribution is -2.44. The van der Waals surface area contributed by atoms with Gasteiger partial charge in [-0.05, 0) is 19.9 Å². The van der Waals surface area contributed by atoms with E-state index in [4.69, 9.17) is 5.73 Å². The van der Waals surface area contributed by atoms with Crippen molar-refractivity contribution in [2.75, 3.05) is 43.9 Å². The second-order valence-electron chi connectivity index (χ2n) is 8.35. The topological polar surface area (TPSA) is 89.0 Å². The molecule has 166 valence electrons. The number of nitrogens with two attached hydrogens (primary N) is 1. The van der Waals surface area contributed by atoms with Gasteiger partial charge in [-0.2, -0.15) is 4.98 Å². The second-order valence-corrected chi connectivity index (χ2v) is 8.35. The highest BCUT2D eigenvalue weighted by atomic mass is 15.4. The molecule has 30 heavy (non-hydrogen) atoms. The predicted molar refractivity (Wildman–Crippen MR) is 123 cm³/mol. The molecule has 1 fully saturated rings. The van der Waals surface area contributed by atoms with Crippen molar-refractivity contribution in [2.24, 2.45) is 0 Å². The third kappa shape index (κ3) is 6.14. The van der Waals surface area contributed by atoms with Crippen LogP contribution in [0.1, 0.15) is 64.6 Å². The van der Waals surface area contributed by atoms with Gasteiger partial charge < -0.3 is 15.5 Å². The second kappa shape index (κ2) is 11.2. The van der Waals surface area contributed by atoms with Gasteiger partial charge in [-0.1, -0.05) is 46.0 Å². The van der Waals surface area contributed by atoms with Crippen molar-refractivity contribution >= 4 is 11.8 Å². The molecule has 0 atom stereocenters. The highest BCUT2D eigenvalue weighted by molar-refractivity contribution is 5.58. The minimum absolute atomic E-state index is 0.282. The summed E-state index contributed by atoms with van der Waals surface area (Å²) < 4.78 is 1.99. The first-order valence-corrected chi connectivity index (χ1v) is 11.6. The highest BCUT2D eigenvalue weighted by Crippen LogP contribution is 2.23. The summed E-state index contributed by atoms with van der Waals surface area (Å²) in [7, 11) is 2.14. The zero-order valence-corrected chi connectivity index (χ0v) is 19.0. The fourth-order valence-corrected chi connectivity index (χ4v) is 3.83. The van der Waals surface area contributed by atoms with Crippen LogP contribution in [0.5, 0.6) is 0 Å². The zero-order valence-electron chi connectivity index (χ0n) is 19.0. The molecule has 0 aromatic carbocycles. The van der Waals surface area contributed by atoms with Crippen LogP contribution in [0, 0.1) is 0 Å². The smallest absolute Gasteiger partial charge is 0.222 e. The molecule has 0 unspecified atom stereocenters.